The number of methoxy groups -OCH3 is 1. The van der Waals surface area contributed by atoms with E-state index >= 15 is 0 Å². The van der Waals surface area contributed by atoms with Gasteiger partial charge in [0, 0.05) is 12.1 Å². The maximum Gasteiger partial charge on any atom is 0.129 e. The summed E-state index contributed by atoms with van der Waals surface area (Å²) in [6, 6.07) is 10.4. The molecular weight excluding hydrogens is 286 g/mol. The molecule has 0 aliphatic rings. The number of likely N-dealkylation sites (N-methyl/N-ethyl adjacent to an activating group) is 1. The zero-order chi connectivity index (χ0) is 17.0. The van der Waals surface area contributed by atoms with Gasteiger partial charge < -0.3 is 14.7 Å². The molecule has 0 aromatic heterocycles. The lowest BCUT2D eigenvalue weighted by atomic mass is 9.91. The molecule has 2 aromatic rings. The Morgan fingerprint density at radius 3 is 2.26 bits per heavy atom. The standard InChI is InChI=1S/C20H27NO2/c1-14-7-6-8-15(2)19(14)18-12-16(13-22)11-17(20(18)23-5)9-10-21(3)4/h6-8,11-12,22H,9-10,13H2,1-5H3. The molecule has 3 nitrogen and oxygen atoms in total. The van der Waals surface area contributed by atoms with Gasteiger partial charge in [0.1, 0.15) is 5.75 Å². The molecule has 2 aromatic carbocycles. The number of rotatable bonds is 6. The van der Waals surface area contributed by atoms with Gasteiger partial charge in [-0.25, -0.2) is 0 Å². The molecule has 0 atom stereocenters. The van der Waals surface area contributed by atoms with Crippen LogP contribution in [0.5, 0.6) is 5.75 Å². The van der Waals surface area contributed by atoms with Gasteiger partial charge in [-0.1, -0.05) is 18.2 Å². The summed E-state index contributed by atoms with van der Waals surface area (Å²) in [7, 11) is 5.85. The highest BCUT2D eigenvalue weighted by Crippen LogP contribution is 2.38. The van der Waals surface area contributed by atoms with Crippen molar-refractivity contribution in [3.05, 3.63) is 52.6 Å². The van der Waals surface area contributed by atoms with Crippen LogP contribution in [0.15, 0.2) is 30.3 Å². The number of hydrogen-bond donors (Lipinski definition) is 1. The zero-order valence-electron chi connectivity index (χ0n) is 14.8. The normalized spacial score (nSPS) is 11.1. The van der Waals surface area contributed by atoms with E-state index in [-0.39, 0.29) is 6.61 Å². The van der Waals surface area contributed by atoms with Gasteiger partial charge in [0.05, 0.1) is 13.7 Å². The molecule has 0 amide bonds. The molecule has 0 unspecified atom stereocenters. The highest BCUT2D eigenvalue weighted by molar-refractivity contribution is 5.78. The third-order valence-corrected chi connectivity index (χ3v) is 4.19. The van der Waals surface area contributed by atoms with Crippen LogP contribution in [0.1, 0.15) is 22.3 Å². The summed E-state index contributed by atoms with van der Waals surface area (Å²) >= 11 is 0. The van der Waals surface area contributed by atoms with Crippen LogP contribution in [0.3, 0.4) is 0 Å². The second kappa shape index (κ2) is 7.62. The van der Waals surface area contributed by atoms with E-state index in [9.17, 15) is 5.11 Å². The Morgan fingerprint density at radius 1 is 1.09 bits per heavy atom. The average Bonchev–Trinajstić information content (AvgIpc) is 2.52. The minimum atomic E-state index is 0.0386. The van der Waals surface area contributed by atoms with Crippen molar-refractivity contribution in [2.24, 2.45) is 0 Å². The van der Waals surface area contributed by atoms with E-state index in [4.69, 9.17) is 4.74 Å². The Bertz CT molecular complexity index is 657. The largest absolute Gasteiger partial charge is 0.496 e. The first-order chi connectivity index (χ1) is 11.0. The van der Waals surface area contributed by atoms with Gasteiger partial charge in [-0.3, -0.25) is 0 Å². The summed E-state index contributed by atoms with van der Waals surface area (Å²) in [4.78, 5) is 2.16. The SMILES string of the molecule is COc1c(CCN(C)C)cc(CO)cc1-c1c(C)cccc1C. The molecule has 2 rings (SSSR count). The topological polar surface area (TPSA) is 32.7 Å². The number of nitrogens with zero attached hydrogens (tertiary/aromatic N) is 1. The van der Waals surface area contributed by atoms with Crippen LogP contribution in [-0.4, -0.2) is 37.8 Å². The van der Waals surface area contributed by atoms with Crippen molar-refractivity contribution in [3.63, 3.8) is 0 Å². The van der Waals surface area contributed by atoms with Gasteiger partial charge in [-0.2, -0.15) is 0 Å². The van der Waals surface area contributed by atoms with E-state index in [0.717, 1.165) is 35.4 Å². The molecule has 0 heterocycles. The second-order valence-electron chi connectivity index (χ2n) is 6.31. The Morgan fingerprint density at radius 2 is 1.74 bits per heavy atom. The van der Waals surface area contributed by atoms with Crippen LogP contribution in [0.2, 0.25) is 0 Å². The van der Waals surface area contributed by atoms with Crippen LogP contribution in [0.25, 0.3) is 11.1 Å². The van der Waals surface area contributed by atoms with Crippen LogP contribution >= 0.6 is 0 Å². The average molecular weight is 313 g/mol. The molecule has 23 heavy (non-hydrogen) atoms. The molecule has 0 spiro atoms. The molecule has 0 aliphatic carbocycles. The van der Waals surface area contributed by atoms with E-state index in [1.807, 2.05) is 6.07 Å². The highest BCUT2D eigenvalue weighted by atomic mass is 16.5. The summed E-state index contributed by atoms with van der Waals surface area (Å²) in [5.74, 6) is 0.918. The van der Waals surface area contributed by atoms with Gasteiger partial charge in [-0.15, -0.1) is 0 Å². The minimum absolute atomic E-state index is 0.0386. The molecule has 0 fully saturated rings. The predicted molar refractivity (Wildman–Crippen MR) is 96.1 cm³/mol. The quantitative estimate of drug-likeness (QED) is 0.885. The first-order valence-corrected chi connectivity index (χ1v) is 8.00. The van der Waals surface area contributed by atoms with E-state index in [2.05, 4.69) is 57.1 Å². The number of benzene rings is 2. The fraction of sp³-hybridized carbons (Fsp3) is 0.400. The highest BCUT2D eigenvalue weighted by Gasteiger charge is 2.16. The van der Waals surface area contributed by atoms with Crippen LogP contribution in [-0.2, 0) is 13.0 Å². The number of aliphatic hydroxyl groups excluding tert-OH is 1. The maximum atomic E-state index is 9.66. The van der Waals surface area contributed by atoms with Crippen molar-refractivity contribution in [2.45, 2.75) is 26.9 Å². The van der Waals surface area contributed by atoms with Gasteiger partial charge in [-0.05, 0) is 74.3 Å². The smallest absolute Gasteiger partial charge is 0.129 e. The van der Waals surface area contributed by atoms with E-state index in [0.29, 0.717) is 0 Å². The number of ether oxygens (including phenoxy) is 1. The Hall–Kier alpha value is -1.84. The molecule has 0 bridgehead atoms. The van der Waals surface area contributed by atoms with Gasteiger partial charge in [0.15, 0.2) is 0 Å². The summed E-state index contributed by atoms with van der Waals surface area (Å²) in [6.07, 6.45) is 0.891. The lowest BCUT2D eigenvalue weighted by molar-refractivity contribution is 0.281. The third kappa shape index (κ3) is 3.92. The molecular formula is C20H27NO2. The predicted octanol–water partition coefficient (Wildman–Crippen LogP) is 3.58. The molecule has 0 saturated heterocycles. The molecule has 3 heteroatoms. The van der Waals surface area contributed by atoms with E-state index in [1.165, 1.54) is 16.7 Å². The second-order valence-corrected chi connectivity index (χ2v) is 6.31. The molecule has 0 saturated carbocycles. The van der Waals surface area contributed by atoms with Crippen molar-refractivity contribution in [2.75, 3.05) is 27.7 Å². The number of aliphatic hydroxyl groups is 1. The molecule has 0 aliphatic heterocycles. The minimum Gasteiger partial charge on any atom is -0.496 e. The van der Waals surface area contributed by atoms with Crippen LogP contribution in [0, 0.1) is 13.8 Å². The molecule has 1 N–H and O–H groups in total. The summed E-state index contributed by atoms with van der Waals surface area (Å²) in [5.41, 5.74) is 6.78. The fourth-order valence-corrected chi connectivity index (χ4v) is 3.04. The lowest BCUT2D eigenvalue weighted by Gasteiger charge is -2.19. The van der Waals surface area contributed by atoms with Crippen molar-refractivity contribution < 1.29 is 9.84 Å². The Balaban J connectivity index is 2.64. The first-order valence-electron chi connectivity index (χ1n) is 8.00. The van der Waals surface area contributed by atoms with Crippen molar-refractivity contribution in [1.29, 1.82) is 0 Å². The first kappa shape index (κ1) is 17.5. The van der Waals surface area contributed by atoms with E-state index in [1.54, 1.807) is 7.11 Å². The van der Waals surface area contributed by atoms with Gasteiger partial charge >= 0.3 is 0 Å². The number of hydrogen-bond acceptors (Lipinski definition) is 3. The summed E-state index contributed by atoms with van der Waals surface area (Å²) in [5, 5.41) is 9.66. The van der Waals surface area contributed by atoms with Crippen molar-refractivity contribution >= 4 is 0 Å². The van der Waals surface area contributed by atoms with Crippen LogP contribution < -0.4 is 4.74 Å². The lowest BCUT2D eigenvalue weighted by Crippen LogP contribution is -2.15. The number of aryl methyl sites for hydroxylation is 2. The summed E-state index contributed by atoms with van der Waals surface area (Å²) in [6.45, 7) is 5.22. The molecule has 0 radical (unpaired) electrons. The summed E-state index contributed by atoms with van der Waals surface area (Å²) < 4.78 is 5.77. The monoisotopic (exact) mass is 313 g/mol. The van der Waals surface area contributed by atoms with Crippen LogP contribution in [0.4, 0.5) is 0 Å². The zero-order valence-corrected chi connectivity index (χ0v) is 14.8. The van der Waals surface area contributed by atoms with Crippen molar-refractivity contribution in [3.8, 4) is 16.9 Å². The van der Waals surface area contributed by atoms with Crippen molar-refractivity contribution in [1.82, 2.24) is 4.90 Å². The Kier molecular flexibility index (Phi) is 5.80. The Labute approximate surface area is 139 Å². The fourth-order valence-electron chi connectivity index (χ4n) is 3.04. The van der Waals surface area contributed by atoms with Gasteiger partial charge in [0.25, 0.3) is 0 Å². The maximum absolute atomic E-state index is 9.66. The third-order valence-electron chi connectivity index (χ3n) is 4.19. The molecule has 124 valence electrons. The van der Waals surface area contributed by atoms with Gasteiger partial charge in [0.2, 0.25) is 0 Å². The van der Waals surface area contributed by atoms with E-state index < -0.39 is 0 Å².